The molecule has 27 heavy (non-hydrogen) atoms. The minimum atomic E-state index is -0.451. The van der Waals surface area contributed by atoms with E-state index in [4.69, 9.17) is 4.74 Å². The maximum Gasteiger partial charge on any atom is 0.340 e. The third kappa shape index (κ3) is 3.10. The van der Waals surface area contributed by atoms with Gasteiger partial charge in [-0.2, -0.15) is 0 Å². The number of rotatable bonds is 4. The fourth-order valence-corrected chi connectivity index (χ4v) is 3.47. The average molecular weight is 470 g/mol. The molecule has 0 saturated heterocycles. The van der Waals surface area contributed by atoms with Crippen LogP contribution in [0.3, 0.4) is 0 Å². The van der Waals surface area contributed by atoms with Crippen molar-refractivity contribution in [1.82, 2.24) is 9.38 Å². The summed E-state index contributed by atoms with van der Waals surface area (Å²) >= 11 is 2.19. The van der Waals surface area contributed by atoms with Crippen LogP contribution in [-0.4, -0.2) is 27.7 Å². The van der Waals surface area contributed by atoms with Gasteiger partial charge in [-0.15, -0.1) is 0 Å². The summed E-state index contributed by atoms with van der Waals surface area (Å²) in [5.74, 6) is -0.623. The highest BCUT2D eigenvalue weighted by Gasteiger charge is 2.23. The zero-order valence-electron chi connectivity index (χ0n) is 14.5. The molecule has 0 fully saturated rings. The maximum atomic E-state index is 13.1. The zero-order valence-corrected chi connectivity index (χ0v) is 16.6. The lowest BCUT2D eigenvalue weighted by atomic mass is 10.1. The second kappa shape index (κ2) is 7.11. The Bertz CT molecular complexity index is 1180. The minimum Gasteiger partial charge on any atom is -0.462 e. The number of benzene rings is 2. The van der Waals surface area contributed by atoms with Gasteiger partial charge in [-0.05, 0) is 65.9 Å². The summed E-state index contributed by atoms with van der Waals surface area (Å²) < 4.78 is 7.94. The maximum absolute atomic E-state index is 13.1. The SMILES string of the molecule is CCOC(=O)c1cc(C(=O)c2ccc(I)cc2)n2cnc3ccccc3c12. The van der Waals surface area contributed by atoms with Crippen LogP contribution in [0.5, 0.6) is 0 Å². The van der Waals surface area contributed by atoms with Gasteiger partial charge in [0.25, 0.3) is 0 Å². The number of nitrogens with zero attached hydrogens (tertiary/aromatic N) is 2. The summed E-state index contributed by atoms with van der Waals surface area (Å²) in [6.45, 7) is 2.02. The molecule has 0 unspecified atom stereocenters. The molecule has 0 aliphatic carbocycles. The Morgan fingerprint density at radius 2 is 1.85 bits per heavy atom. The smallest absolute Gasteiger partial charge is 0.340 e. The molecule has 2 aromatic carbocycles. The van der Waals surface area contributed by atoms with Crippen molar-refractivity contribution < 1.29 is 14.3 Å². The van der Waals surface area contributed by atoms with Gasteiger partial charge in [-0.25, -0.2) is 9.78 Å². The molecule has 4 rings (SSSR count). The quantitative estimate of drug-likeness (QED) is 0.251. The van der Waals surface area contributed by atoms with Gasteiger partial charge in [0.1, 0.15) is 6.33 Å². The van der Waals surface area contributed by atoms with Crippen molar-refractivity contribution in [2.45, 2.75) is 6.92 Å². The number of carbonyl (C=O) groups is 2. The van der Waals surface area contributed by atoms with Gasteiger partial charge >= 0.3 is 5.97 Å². The normalized spacial score (nSPS) is 11.0. The number of carbonyl (C=O) groups excluding carboxylic acids is 2. The molecule has 0 aliphatic rings. The highest BCUT2D eigenvalue weighted by Crippen LogP contribution is 2.27. The molecule has 5 nitrogen and oxygen atoms in total. The van der Waals surface area contributed by atoms with Crippen LogP contribution < -0.4 is 0 Å². The predicted molar refractivity (Wildman–Crippen MR) is 111 cm³/mol. The zero-order chi connectivity index (χ0) is 19.0. The van der Waals surface area contributed by atoms with E-state index < -0.39 is 5.97 Å². The van der Waals surface area contributed by atoms with E-state index in [2.05, 4.69) is 27.6 Å². The Hall–Kier alpha value is -2.74. The van der Waals surface area contributed by atoms with E-state index in [1.54, 1.807) is 35.9 Å². The lowest BCUT2D eigenvalue weighted by Crippen LogP contribution is -2.05. The lowest BCUT2D eigenvalue weighted by molar-refractivity contribution is 0.0529. The van der Waals surface area contributed by atoms with E-state index in [-0.39, 0.29) is 12.4 Å². The number of hydrogen-bond acceptors (Lipinski definition) is 4. The second-order valence-corrected chi connectivity index (χ2v) is 7.23. The monoisotopic (exact) mass is 470 g/mol. The van der Waals surface area contributed by atoms with Gasteiger partial charge in [-0.3, -0.25) is 9.20 Å². The molecule has 0 bridgehead atoms. The topological polar surface area (TPSA) is 60.7 Å². The van der Waals surface area contributed by atoms with Crippen LogP contribution in [0.15, 0.2) is 60.9 Å². The van der Waals surface area contributed by atoms with Gasteiger partial charge in [0, 0.05) is 14.5 Å². The summed E-state index contributed by atoms with van der Waals surface area (Å²) in [5.41, 5.74) is 2.69. The molecule has 2 heterocycles. The molecule has 0 spiro atoms. The molecule has 6 heteroatoms. The molecule has 0 N–H and O–H groups in total. The number of ether oxygens (including phenoxy) is 1. The van der Waals surface area contributed by atoms with Crippen LogP contribution in [0.4, 0.5) is 0 Å². The third-order valence-electron chi connectivity index (χ3n) is 4.34. The molecular formula is C21H15IN2O3. The first-order valence-corrected chi connectivity index (χ1v) is 9.54. The van der Waals surface area contributed by atoms with Crippen LogP contribution in [-0.2, 0) is 4.74 Å². The van der Waals surface area contributed by atoms with Crippen molar-refractivity contribution in [3.05, 3.63) is 81.3 Å². The molecule has 0 radical (unpaired) electrons. The molecule has 0 saturated carbocycles. The van der Waals surface area contributed by atoms with Crippen molar-refractivity contribution in [2.24, 2.45) is 0 Å². The highest BCUT2D eigenvalue weighted by atomic mass is 127. The third-order valence-corrected chi connectivity index (χ3v) is 5.06. The Labute approximate surface area is 169 Å². The Morgan fingerprint density at radius 3 is 2.59 bits per heavy atom. The Balaban J connectivity index is 1.98. The lowest BCUT2D eigenvalue weighted by Gasteiger charge is -2.06. The molecular weight excluding hydrogens is 455 g/mol. The first kappa shape index (κ1) is 17.7. The fraction of sp³-hybridized carbons (Fsp3) is 0.0952. The predicted octanol–water partition coefficient (Wildman–Crippen LogP) is 4.50. The van der Waals surface area contributed by atoms with E-state index in [9.17, 15) is 9.59 Å². The molecule has 4 aromatic rings. The molecule has 0 atom stereocenters. The van der Waals surface area contributed by atoms with Gasteiger partial charge in [-0.1, -0.05) is 18.2 Å². The minimum absolute atomic E-state index is 0.172. The second-order valence-electron chi connectivity index (χ2n) is 5.98. The summed E-state index contributed by atoms with van der Waals surface area (Å²) in [7, 11) is 0. The number of fused-ring (bicyclic) bond motifs is 3. The summed E-state index contributed by atoms with van der Waals surface area (Å²) in [6.07, 6.45) is 1.58. The van der Waals surface area contributed by atoms with Gasteiger partial charge in [0.05, 0.1) is 28.9 Å². The molecule has 0 amide bonds. The standard InChI is InChI=1S/C21H15IN2O3/c1-2-27-21(26)16-11-18(20(25)13-7-9-14(22)10-8-13)24-12-23-17-6-4-3-5-15(17)19(16)24/h3-12H,2H2,1H3. The fourth-order valence-electron chi connectivity index (χ4n) is 3.11. The summed E-state index contributed by atoms with van der Waals surface area (Å²) in [4.78, 5) is 30.1. The summed E-state index contributed by atoms with van der Waals surface area (Å²) in [5, 5.41) is 0.796. The van der Waals surface area contributed by atoms with Crippen molar-refractivity contribution in [3.63, 3.8) is 0 Å². The average Bonchev–Trinajstić information content (AvgIpc) is 3.08. The first-order valence-electron chi connectivity index (χ1n) is 8.46. The van der Waals surface area contributed by atoms with Crippen LogP contribution in [0.25, 0.3) is 16.4 Å². The van der Waals surface area contributed by atoms with Crippen LogP contribution in [0.1, 0.15) is 33.3 Å². The number of esters is 1. The Kier molecular flexibility index (Phi) is 4.65. The number of para-hydroxylation sites is 1. The largest absolute Gasteiger partial charge is 0.462 e. The van der Waals surface area contributed by atoms with Crippen molar-refractivity contribution in [1.29, 1.82) is 0 Å². The molecule has 2 aromatic heterocycles. The van der Waals surface area contributed by atoms with E-state index in [0.717, 1.165) is 14.5 Å². The van der Waals surface area contributed by atoms with Crippen molar-refractivity contribution in [2.75, 3.05) is 6.61 Å². The van der Waals surface area contributed by atoms with Gasteiger partial charge < -0.3 is 4.74 Å². The van der Waals surface area contributed by atoms with Crippen LogP contribution in [0.2, 0.25) is 0 Å². The molecule has 0 aliphatic heterocycles. The van der Waals surface area contributed by atoms with Crippen LogP contribution >= 0.6 is 22.6 Å². The first-order chi connectivity index (χ1) is 13.1. The number of hydrogen-bond donors (Lipinski definition) is 0. The molecule has 134 valence electrons. The number of aromatic nitrogens is 2. The van der Waals surface area contributed by atoms with E-state index >= 15 is 0 Å². The van der Waals surface area contributed by atoms with E-state index in [1.165, 1.54) is 0 Å². The number of ketones is 1. The van der Waals surface area contributed by atoms with Crippen molar-refractivity contribution >= 4 is 50.8 Å². The van der Waals surface area contributed by atoms with E-state index in [1.807, 2.05) is 36.4 Å². The Morgan fingerprint density at radius 1 is 1.11 bits per heavy atom. The summed E-state index contributed by atoms with van der Waals surface area (Å²) in [6, 6.07) is 16.4. The van der Waals surface area contributed by atoms with Crippen molar-refractivity contribution in [3.8, 4) is 0 Å². The van der Waals surface area contributed by atoms with Crippen LogP contribution in [0, 0.1) is 3.57 Å². The van der Waals surface area contributed by atoms with Gasteiger partial charge in [0.2, 0.25) is 5.78 Å². The number of halogens is 1. The van der Waals surface area contributed by atoms with E-state index in [0.29, 0.717) is 22.3 Å². The highest BCUT2D eigenvalue weighted by molar-refractivity contribution is 14.1. The van der Waals surface area contributed by atoms with Gasteiger partial charge in [0.15, 0.2) is 0 Å².